The summed E-state index contributed by atoms with van der Waals surface area (Å²) < 4.78 is 7.43. The monoisotopic (exact) mass is 831 g/mol. The highest BCUT2D eigenvalue weighted by molar-refractivity contribution is 7.20. The highest BCUT2D eigenvalue weighted by atomic mass is 28.3. The molecule has 0 bridgehead atoms. The number of fused-ring (bicyclic) bond motifs is 9. The average molecular weight is 832 g/mol. The van der Waals surface area contributed by atoms with Crippen molar-refractivity contribution in [3.63, 3.8) is 0 Å². The van der Waals surface area contributed by atoms with Crippen LogP contribution >= 0.6 is 0 Å². The van der Waals surface area contributed by atoms with Crippen molar-refractivity contribution in [3.05, 3.63) is 249 Å². The Hall–Kier alpha value is -8.18. The molecule has 0 aliphatic carbocycles. The molecular formula is C60H41N3Si. The van der Waals surface area contributed by atoms with Crippen molar-refractivity contribution < 1.29 is 0 Å². The lowest BCUT2D eigenvalue weighted by molar-refractivity contribution is 1.16. The molecule has 64 heavy (non-hydrogen) atoms. The van der Waals surface area contributed by atoms with Crippen molar-refractivity contribution in [2.75, 3.05) is 0 Å². The van der Waals surface area contributed by atoms with E-state index in [1.165, 1.54) is 86.2 Å². The number of hydrogen-bond acceptors (Lipinski definition) is 0. The molecule has 0 radical (unpaired) electrons. The maximum atomic E-state index is 2.58. The van der Waals surface area contributed by atoms with E-state index in [9.17, 15) is 0 Å². The van der Waals surface area contributed by atoms with Crippen molar-refractivity contribution in [2.24, 2.45) is 0 Å². The summed E-state index contributed by atoms with van der Waals surface area (Å²) in [5.41, 5.74) is 10.7. The first-order valence-corrected chi connectivity index (χ1v) is 24.1. The quantitative estimate of drug-likeness (QED) is 0.112. The van der Waals surface area contributed by atoms with Crippen molar-refractivity contribution >= 4 is 94.2 Å². The maximum Gasteiger partial charge on any atom is 0.181 e. The molecule has 4 heteroatoms. The van der Waals surface area contributed by atoms with Crippen LogP contribution in [0.5, 0.6) is 0 Å². The first-order valence-electron chi connectivity index (χ1n) is 22.1. The van der Waals surface area contributed by atoms with Crippen molar-refractivity contribution in [1.29, 1.82) is 0 Å². The standard InChI is InChI=1S/C60H41N3Si/c1-5-20-42(21-6-1)61-56-34-18-15-30-50(56)52-41-44(37-38-57(52)61)63-58-39-36-43(62-54-32-16-13-28-48(54)49-29-14-17-33-55(49)62)40-53(58)51-31-19-35-59(60(51)63)64(45-22-7-2-8-23-45,46-24-9-3-10-25-46)47-26-11-4-12-27-47/h1-41H. The fourth-order valence-corrected chi connectivity index (χ4v) is 15.9. The number of para-hydroxylation sites is 5. The predicted molar refractivity (Wildman–Crippen MR) is 273 cm³/mol. The molecule has 3 nitrogen and oxygen atoms in total. The Labute approximate surface area is 372 Å². The molecule has 13 rings (SSSR count). The van der Waals surface area contributed by atoms with E-state index < -0.39 is 8.07 Å². The van der Waals surface area contributed by atoms with Crippen LogP contribution in [0.4, 0.5) is 0 Å². The van der Waals surface area contributed by atoms with Gasteiger partial charge in [-0.3, -0.25) is 0 Å². The van der Waals surface area contributed by atoms with Crippen LogP contribution in [0, 0.1) is 0 Å². The largest absolute Gasteiger partial charge is 0.309 e. The van der Waals surface area contributed by atoms with E-state index >= 15 is 0 Å². The highest BCUT2D eigenvalue weighted by Crippen LogP contribution is 2.39. The molecule has 0 aliphatic heterocycles. The molecule has 0 aliphatic rings. The number of aromatic nitrogens is 3. The third-order valence-electron chi connectivity index (χ3n) is 13.6. The topological polar surface area (TPSA) is 14.8 Å². The van der Waals surface area contributed by atoms with Gasteiger partial charge in [-0.1, -0.05) is 182 Å². The van der Waals surface area contributed by atoms with E-state index in [1.54, 1.807) is 0 Å². The van der Waals surface area contributed by atoms with Gasteiger partial charge in [-0.05, 0) is 87.5 Å². The molecule has 300 valence electrons. The highest BCUT2D eigenvalue weighted by Gasteiger charge is 2.43. The molecule has 0 saturated carbocycles. The average Bonchev–Trinajstić information content (AvgIpc) is 4.01. The lowest BCUT2D eigenvalue weighted by Gasteiger charge is -2.35. The van der Waals surface area contributed by atoms with E-state index in [-0.39, 0.29) is 0 Å². The Morgan fingerprint density at radius 2 is 0.594 bits per heavy atom. The van der Waals surface area contributed by atoms with Crippen molar-refractivity contribution in [2.45, 2.75) is 0 Å². The third kappa shape index (κ3) is 5.27. The fourth-order valence-electron chi connectivity index (χ4n) is 11.0. The second kappa shape index (κ2) is 14.5. The Balaban J connectivity index is 1.19. The van der Waals surface area contributed by atoms with E-state index in [0.29, 0.717) is 0 Å². The minimum Gasteiger partial charge on any atom is -0.309 e. The second-order valence-corrected chi connectivity index (χ2v) is 20.6. The van der Waals surface area contributed by atoms with Gasteiger partial charge in [0.05, 0.1) is 33.1 Å². The summed E-state index contributed by atoms with van der Waals surface area (Å²) in [6.07, 6.45) is 0. The van der Waals surface area contributed by atoms with Crippen LogP contribution in [0.25, 0.3) is 82.5 Å². The lowest BCUT2D eigenvalue weighted by atomic mass is 10.1. The van der Waals surface area contributed by atoms with Gasteiger partial charge in [0.25, 0.3) is 0 Å². The van der Waals surface area contributed by atoms with Gasteiger partial charge in [0.1, 0.15) is 0 Å². The van der Waals surface area contributed by atoms with E-state index in [0.717, 1.165) is 17.1 Å². The maximum absolute atomic E-state index is 3.00. The molecule has 10 aromatic carbocycles. The van der Waals surface area contributed by atoms with Crippen LogP contribution in [-0.4, -0.2) is 21.8 Å². The summed E-state index contributed by atoms with van der Waals surface area (Å²) >= 11 is 0. The van der Waals surface area contributed by atoms with Crippen LogP contribution in [0.2, 0.25) is 0 Å². The van der Waals surface area contributed by atoms with Crippen LogP contribution in [0.3, 0.4) is 0 Å². The molecule has 0 fully saturated rings. The number of nitrogens with zero attached hydrogens (tertiary/aromatic N) is 3. The molecule has 0 amide bonds. The minimum absolute atomic E-state index is 1.14. The summed E-state index contributed by atoms with van der Waals surface area (Å²) in [7, 11) is -3.00. The lowest BCUT2D eigenvalue weighted by Crippen LogP contribution is -2.75. The zero-order chi connectivity index (χ0) is 42.2. The third-order valence-corrected chi connectivity index (χ3v) is 18.4. The van der Waals surface area contributed by atoms with Crippen molar-refractivity contribution in [1.82, 2.24) is 13.7 Å². The van der Waals surface area contributed by atoms with Gasteiger partial charge in [0, 0.05) is 49.4 Å². The van der Waals surface area contributed by atoms with Gasteiger partial charge in [0.15, 0.2) is 8.07 Å². The van der Waals surface area contributed by atoms with Crippen LogP contribution < -0.4 is 20.7 Å². The van der Waals surface area contributed by atoms with Crippen LogP contribution in [0.1, 0.15) is 0 Å². The Kier molecular flexibility index (Phi) is 8.23. The van der Waals surface area contributed by atoms with E-state index in [4.69, 9.17) is 0 Å². The second-order valence-electron chi connectivity index (χ2n) is 16.8. The van der Waals surface area contributed by atoms with Crippen molar-refractivity contribution in [3.8, 4) is 17.1 Å². The molecule has 0 N–H and O–H groups in total. The molecule has 3 aromatic heterocycles. The smallest absolute Gasteiger partial charge is 0.181 e. The molecule has 0 unspecified atom stereocenters. The zero-order valence-corrected chi connectivity index (χ0v) is 36.0. The van der Waals surface area contributed by atoms with Gasteiger partial charge in [-0.15, -0.1) is 0 Å². The molecule has 0 spiro atoms. The SMILES string of the molecule is c1ccc(-n2c3ccccc3c3cc(-n4c5ccc(-n6c7ccccc7c7ccccc76)cc5c5cccc([Si](c6ccccc6)(c6ccccc6)c6ccccc6)c54)ccc32)cc1. The predicted octanol–water partition coefficient (Wildman–Crippen LogP) is 12.4. The molecule has 0 atom stereocenters. The van der Waals surface area contributed by atoms with Gasteiger partial charge < -0.3 is 13.7 Å². The van der Waals surface area contributed by atoms with Gasteiger partial charge >= 0.3 is 0 Å². The first kappa shape index (κ1) is 36.5. The first-order chi connectivity index (χ1) is 31.8. The number of hydrogen-bond donors (Lipinski definition) is 0. The normalized spacial score (nSPS) is 12.1. The summed E-state index contributed by atoms with van der Waals surface area (Å²) in [5, 5.41) is 12.8. The number of rotatable bonds is 7. The Bertz CT molecular complexity index is 3730. The summed E-state index contributed by atoms with van der Waals surface area (Å²) in [4.78, 5) is 0. The summed E-state index contributed by atoms with van der Waals surface area (Å²) in [6.45, 7) is 0. The van der Waals surface area contributed by atoms with Gasteiger partial charge in [-0.2, -0.15) is 0 Å². The van der Waals surface area contributed by atoms with E-state index in [1.807, 2.05) is 0 Å². The van der Waals surface area contributed by atoms with Crippen LogP contribution in [0.15, 0.2) is 249 Å². The zero-order valence-electron chi connectivity index (χ0n) is 35.0. The van der Waals surface area contributed by atoms with Crippen LogP contribution in [-0.2, 0) is 0 Å². The number of benzene rings is 10. The Morgan fingerprint density at radius 3 is 1.11 bits per heavy atom. The molecule has 3 heterocycles. The summed E-state index contributed by atoms with van der Waals surface area (Å²) in [6, 6.07) is 92.4. The molecule has 0 saturated heterocycles. The van der Waals surface area contributed by atoms with Gasteiger partial charge in [0.2, 0.25) is 0 Å². The fraction of sp³-hybridized carbons (Fsp3) is 0. The Morgan fingerprint density at radius 1 is 0.234 bits per heavy atom. The van der Waals surface area contributed by atoms with Gasteiger partial charge in [-0.25, -0.2) is 0 Å². The molecule has 13 aromatic rings. The molecular weight excluding hydrogens is 791 g/mol. The van der Waals surface area contributed by atoms with E-state index in [2.05, 4.69) is 262 Å². The summed E-state index contributed by atoms with van der Waals surface area (Å²) in [5.74, 6) is 0. The minimum atomic E-state index is -3.00.